The summed E-state index contributed by atoms with van der Waals surface area (Å²) in [4.78, 5) is 12.1. The number of benzene rings is 2. The molecule has 0 spiro atoms. The van der Waals surface area contributed by atoms with E-state index in [1.807, 2.05) is 49.4 Å². The zero-order valence-corrected chi connectivity index (χ0v) is 14.6. The number of aliphatic hydroxyl groups is 1. The van der Waals surface area contributed by atoms with Crippen LogP contribution in [0.25, 0.3) is 10.8 Å². The summed E-state index contributed by atoms with van der Waals surface area (Å²) >= 11 is 1.38. The summed E-state index contributed by atoms with van der Waals surface area (Å²) in [6.07, 6.45) is 0.966. The average molecular weight is 351 g/mol. The number of thioether (sulfide) groups is 1. The number of hydrogen-bond donors (Lipinski definition) is 2. The van der Waals surface area contributed by atoms with Gasteiger partial charge in [-0.25, -0.2) is 0 Å². The molecule has 6 heteroatoms. The second-order valence-corrected chi connectivity index (χ2v) is 8.50. The van der Waals surface area contributed by atoms with Crippen LogP contribution in [0.4, 0.5) is 0 Å². The fraction of sp³-hybridized carbons (Fsp3) is 0.353. The molecule has 2 aromatic rings. The Bertz CT molecular complexity index is 704. The van der Waals surface area contributed by atoms with Crippen molar-refractivity contribution in [1.29, 1.82) is 0 Å². The molecule has 0 radical (unpaired) electrons. The van der Waals surface area contributed by atoms with Gasteiger partial charge < -0.3 is 10.2 Å². The number of rotatable bonds is 8. The number of carboxylic acids is 1. The molecule has 2 rings (SSSR count). The van der Waals surface area contributed by atoms with Crippen molar-refractivity contribution in [1.82, 2.24) is 0 Å². The molecule has 3 unspecified atom stereocenters. The summed E-state index contributed by atoms with van der Waals surface area (Å²) in [5.41, 5.74) is 0.211. The number of carboxylic acid groups (broad SMARTS) is 1. The van der Waals surface area contributed by atoms with Crippen molar-refractivity contribution in [3.05, 3.63) is 42.5 Å². The van der Waals surface area contributed by atoms with Crippen LogP contribution >= 0.6 is 19.6 Å². The minimum atomic E-state index is -2.00. The molecule has 2 N–H and O–H groups in total. The minimum absolute atomic E-state index is 0.211. The van der Waals surface area contributed by atoms with E-state index in [-0.39, 0.29) is 5.49 Å². The molecule has 0 saturated carbocycles. The van der Waals surface area contributed by atoms with Crippen molar-refractivity contribution < 1.29 is 19.6 Å². The van der Waals surface area contributed by atoms with Crippen molar-refractivity contribution >= 4 is 36.3 Å². The highest BCUT2D eigenvalue weighted by Gasteiger charge is 2.39. The van der Waals surface area contributed by atoms with Crippen molar-refractivity contribution in [2.24, 2.45) is 5.92 Å². The Kier molecular flexibility index (Phi) is 6.58. The first-order chi connectivity index (χ1) is 11.0. The molecule has 0 aliphatic heterocycles. The third-order valence-corrected chi connectivity index (χ3v) is 6.72. The van der Waals surface area contributed by atoms with Gasteiger partial charge in [0.05, 0.1) is 0 Å². The van der Waals surface area contributed by atoms with E-state index in [4.69, 9.17) is 5.11 Å². The maximum absolute atomic E-state index is 12.2. The summed E-state index contributed by atoms with van der Waals surface area (Å²) < 4.78 is 12.2. The van der Waals surface area contributed by atoms with Gasteiger partial charge in [-0.3, -0.25) is 4.79 Å². The zero-order valence-electron chi connectivity index (χ0n) is 12.9. The Morgan fingerprint density at radius 3 is 2.57 bits per heavy atom. The first-order valence-electron chi connectivity index (χ1n) is 7.49. The standard InChI is InChI=1S/C17H19O4PS/c1-2-5-15(16(18)19)17(20)22(21)11-23-14-9-8-12-6-3-4-7-13(12)10-14/h3-4,6-10,15,17,20H,2,5,11H2,1H3/p+1. The third kappa shape index (κ3) is 4.77. The second kappa shape index (κ2) is 8.44. The van der Waals surface area contributed by atoms with Gasteiger partial charge >= 0.3 is 13.8 Å². The van der Waals surface area contributed by atoms with Gasteiger partial charge in [-0.05, 0) is 29.3 Å². The van der Waals surface area contributed by atoms with Crippen LogP contribution in [0.2, 0.25) is 0 Å². The lowest BCUT2D eigenvalue weighted by atomic mass is 10.1. The van der Waals surface area contributed by atoms with Gasteiger partial charge in [-0.1, -0.05) is 60.0 Å². The summed E-state index contributed by atoms with van der Waals surface area (Å²) in [7, 11) is -2.00. The summed E-state index contributed by atoms with van der Waals surface area (Å²) in [5.74, 6) is -3.34. The fourth-order valence-electron chi connectivity index (χ4n) is 2.38. The molecule has 0 aliphatic rings. The Labute approximate surface area is 140 Å². The van der Waals surface area contributed by atoms with E-state index < -0.39 is 25.5 Å². The van der Waals surface area contributed by atoms with Gasteiger partial charge in [-0.2, -0.15) is 0 Å². The van der Waals surface area contributed by atoms with E-state index in [1.165, 1.54) is 11.8 Å². The normalized spacial score (nSPS) is 14.4. The monoisotopic (exact) mass is 351 g/mol. The second-order valence-electron chi connectivity index (χ2n) is 5.35. The van der Waals surface area contributed by atoms with E-state index in [9.17, 15) is 14.5 Å². The van der Waals surface area contributed by atoms with Crippen LogP contribution in [-0.2, 0) is 9.36 Å². The number of carbonyl (C=O) groups is 1. The van der Waals surface area contributed by atoms with Gasteiger partial charge in [0.15, 0.2) is 5.49 Å². The fourth-order valence-corrected chi connectivity index (χ4v) is 5.15. The lowest BCUT2D eigenvalue weighted by Gasteiger charge is -2.10. The number of fused-ring (bicyclic) bond motifs is 1. The molecule has 3 atom stereocenters. The Morgan fingerprint density at radius 1 is 1.22 bits per heavy atom. The van der Waals surface area contributed by atoms with E-state index >= 15 is 0 Å². The highest BCUT2D eigenvalue weighted by atomic mass is 32.2. The summed E-state index contributed by atoms with van der Waals surface area (Å²) in [5, 5.41) is 21.4. The maximum atomic E-state index is 12.2. The van der Waals surface area contributed by atoms with E-state index in [1.54, 1.807) is 0 Å². The molecule has 0 fully saturated rings. The molecule has 0 heterocycles. The van der Waals surface area contributed by atoms with Crippen molar-refractivity contribution in [2.75, 3.05) is 5.49 Å². The highest BCUT2D eigenvalue weighted by molar-refractivity contribution is 8.03. The quantitative estimate of drug-likeness (QED) is 0.540. The van der Waals surface area contributed by atoms with E-state index in [2.05, 4.69) is 0 Å². The zero-order chi connectivity index (χ0) is 16.8. The number of hydrogen-bond acceptors (Lipinski definition) is 4. The Hall–Kier alpha value is -1.42. The number of aliphatic hydroxyl groups excluding tert-OH is 1. The van der Waals surface area contributed by atoms with Gasteiger partial charge in [0.25, 0.3) is 5.85 Å². The molecule has 4 nitrogen and oxygen atoms in total. The molecule has 0 bridgehead atoms. The summed E-state index contributed by atoms with van der Waals surface area (Å²) in [6.45, 7) is 1.85. The van der Waals surface area contributed by atoms with Crippen LogP contribution in [0.1, 0.15) is 19.8 Å². The highest BCUT2D eigenvalue weighted by Crippen LogP contribution is 2.39. The van der Waals surface area contributed by atoms with Crippen LogP contribution in [0.15, 0.2) is 47.4 Å². The van der Waals surface area contributed by atoms with Crippen LogP contribution in [0.3, 0.4) is 0 Å². The van der Waals surface area contributed by atoms with Crippen LogP contribution in [0.5, 0.6) is 0 Å². The minimum Gasteiger partial charge on any atom is -0.481 e. The van der Waals surface area contributed by atoms with Gasteiger partial charge in [0, 0.05) is 4.90 Å². The van der Waals surface area contributed by atoms with Crippen molar-refractivity contribution in [3.8, 4) is 0 Å². The Morgan fingerprint density at radius 2 is 1.91 bits per heavy atom. The van der Waals surface area contributed by atoms with Crippen LogP contribution in [-0.4, -0.2) is 27.5 Å². The van der Waals surface area contributed by atoms with Crippen LogP contribution in [0, 0.1) is 5.92 Å². The SMILES string of the molecule is CCCC(C(=O)O)C(O)[P+](=O)CSc1ccc2ccccc2c1. The Balaban J connectivity index is 2.00. The largest absolute Gasteiger partial charge is 0.481 e. The summed E-state index contributed by atoms with van der Waals surface area (Å²) in [6, 6.07) is 13.9. The molecule has 0 saturated heterocycles. The topological polar surface area (TPSA) is 74.6 Å². The molecule has 2 aromatic carbocycles. The average Bonchev–Trinajstić information content (AvgIpc) is 2.56. The predicted octanol–water partition coefficient (Wildman–Crippen LogP) is 4.54. The maximum Gasteiger partial charge on any atom is 0.382 e. The lowest BCUT2D eigenvalue weighted by molar-refractivity contribution is -0.144. The van der Waals surface area contributed by atoms with Gasteiger partial charge in [-0.15, -0.1) is 0 Å². The molecule has 0 aromatic heterocycles. The molecule has 23 heavy (non-hydrogen) atoms. The van der Waals surface area contributed by atoms with Gasteiger partial charge in [0.1, 0.15) is 5.92 Å². The predicted molar refractivity (Wildman–Crippen MR) is 94.3 cm³/mol. The van der Waals surface area contributed by atoms with Crippen molar-refractivity contribution in [2.45, 2.75) is 30.5 Å². The lowest BCUT2D eigenvalue weighted by Crippen LogP contribution is -2.25. The molecule has 0 aliphatic carbocycles. The smallest absolute Gasteiger partial charge is 0.382 e. The molecule has 122 valence electrons. The van der Waals surface area contributed by atoms with E-state index in [0.29, 0.717) is 12.8 Å². The third-order valence-electron chi connectivity index (χ3n) is 3.65. The van der Waals surface area contributed by atoms with Crippen LogP contribution < -0.4 is 0 Å². The first-order valence-corrected chi connectivity index (χ1v) is 9.99. The van der Waals surface area contributed by atoms with E-state index in [0.717, 1.165) is 15.7 Å². The molecular weight excluding hydrogens is 331 g/mol. The van der Waals surface area contributed by atoms with Gasteiger partial charge in [0.2, 0.25) is 0 Å². The number of aliphatic carboxylic acids is 1. The van der Waals surface area contributed by atoms with Crippen molar-refractivity contribution in [3.63, 3.8) is 0 Å². The molecular formula is C17H20O4PS+. The first kappa shape index (κ1) is 17.9. The molecule has 0 amide bonds.